The molecule has 0 spiro atoms. The molecule has 0 unspecified atom stereocenters. The summed E-state index contributed by atoms with van der Waals surface area (Å²) in [6.45, 7) is 2.13. The molecule has 1 aliphatic rings. The van der Waals surface area contributed by atoms with E-state index in [1.807, 2.05) is 30.3 Å². The first kappa shape index (κ1) is 18.7. The smallest absolute Gasteiger partial charge is 0.410 e. The molecule has 1 saturated heterocycles. The number of aliphatic hydroxyl groups excluding tert-OH is 1. The fraction of sp³-hybridized carbons (Fsp3) is 0.471. The lowest BCUT2D eigenvalue weighted by Gasteiger charge is -2.39. The number of piperazine rings is 1. The quantitative estimate of drug-likeness (QED) is 0.782. The molecule has 8 heteroatoms. The molecule has 0 saturated carbocycles. The zero-order valence-electron chi connectivity index (χ0n) is 14.0. The van der Waals surface area contributed by atoms with Gasteiger partial charge >= 0.3 is 12.1 Å². The third-order valence-corrected chi connectivity index (χ3v) is 4.03. The van der Waals surface area contributed by atoms with Crippen LogP contribution in [0.1, 0.15) is 18.9 Å². The van der Waals surface area contributed by atoms with Gasteiger partial charge in [-0.3, -0.25) is 14.5 Å². The highest BCUT2D eigenvalue weighted by Crippen LogP contribution is 2.14. The molecule has 2 N–H and O–H groups in total. The summed E-state index contributed by atoms with van der Waals surface area (Å²) in [7, 11) is 0. The monoisotopic (exact) mass is 350 g/mol. The number of carboxylic acids is 1. The second-order valence-electron chi connectivity index (χ2n) is 5.95. The molecule has 0 radical (unpaired) electrons. The van der Waals surface area contributed by atoms with Crippen molar-refractivity contribution in [1.29, 1.82) is 0 Å². The van der Waals surface area contributed by atoms with Gasteiger partial charge in [0.05, 0.1) is 12.5 Å². The largest absolute Gasteiger partial charge is 0.481 e. The van der Waals surface area contributed by atoms with Crippen LogP contribution in [0.15, 0.2) is 30.3 Å². The number of carbonyl (C=O) groups excluding carboxylic acids is 2. The molecular formula is C17H22N2O6. The molecule has 136 valence electrons. The fourth-order valence-corrected chi connectivity index (χ4v) is 2.68. The van der Waals surface area contributed by atoms with Crippen molar-refractivity contribution in [2.24, 2.45) is 0 Å². The van der Waals surface area contributed by atoms with E-state index < -0.39 is 30.6 Å². The average molecular weight is 350 g/mol. The number of hydrogen-bond donors (Lipinski definition) is 2. The minimum absolute atomic E-state index is 0.0671. The molecule has 8 nitrogen and oxygen atoms in total. The molecule has 1 fully saturated rings. The van der Waals surface area contributed by atoms with E-state index in [0.717, 1.165) is 5.56 Å². The topological polar surface area (TPSA) is 107 Å². The summed E-state index contributed by atoms with van der Waals surface area (Å²) < 4.78 is 5.24. The highest BCUT2D eigenvalue weighted by Gasteiger charge is 2.36. The third-order valence-electron chi connectivity index (χ3n) is 4.03. The lowest BCUT2D eigenvalue weighted by molar-refractivity contribution is -0.145. The number of aliphatic hydroxyl groups is 1. The van der Waals surface area contributed by atoms with Crippen molar-refractivity contribution in [2.45, 2.75) is 32.1 Å². The van der Waals surface area contributed by atoms with Crippen molar-refractivity contribution in [3.63, 3.8) is 0 Å². The van der Waals surface area contributed by atoms with E-state index in [0.29, 0.717) is 0 Å². The number of hydrogen-bond acceptors (Lipinski definition) is 5. The summed E-state index contributed by atoms with van der Waals surface area (Å²) in [6, 6.07) is 8.50. The van der Waals surface area contributed by atoms with Gasteiger partial charge in [-0.25, -0.2) is 4.79 Å². The first-order chi connectivity index (χ1) is 11.9. The predicted molar refractivity (Wildman–Crippen MR) is 87.6 cm³/mol. The van der Waals surface area contributed by atoms with Crippen LogP contribution in [-0.4, -0.2) is 69.8 Å². The molecule has 2 atom stereocenters. The average Bonchev–Trinajstić information content (AvgIpc) is 2.57. The Labute approximate surface area is 145 Å². The van der Waals surface area contributed by atoms with Crippen LogP contribution in [0.3, 0.4) is 0 Å². The Morgan fingerprint density at radius 1 is 1.28 bits per heavy atom. The second-order valence-corrected chi connectivity index (χ2v) is 5.95. The zero-order valence-corrected chi connectivity index (χ0v) is 14.0. The lowest BCUT2D eigenvalue weighted by Crippen LogP contribution is -2.58. The van der Waals surface area contributed by atoms with Crippen molar-refractivity contribution >= 4 is 18.0 Å². The van der Waals surface area contributed by atoms with Crippen LogP contribution in [0.2, 0.25) is 0 Å². The van der Waals surface area contributed by atoms with Gasteiger partial charge in [0.1, 0.15) is 12.6 Å². The summed E-state index contributed by atoms with van der Waals surface area (Å²) in [5.74, 6) is -1.47. The number of nitrogens with zero attached hydrogens (tertiary/aromatic N) is 2. The Morgan fingerprint density at radius 3 is 2.60 bits per heavy atom. The highest BCUT2D eigenvalue weighted by atomic mass is 16.6. The minimum atomic E-state index is -1.13. The predicted octanol–water partition coefficient (Wildman–Crippen LogP) is 0.691. The van der Waals surface area contributed by atoms with E-state index in [1.54, 1.807) is 6.92 Å². The first-order valence-corrected chi connectivity index (χ1v) is 8.04. The van der Waals surface area contributed by atoms with Crippen molar-refractivity contribution in [1.82, 2.24) is 9.80 Å². The van der Waals surface area contributed by atoms with Crippen molar-refractivity contribution < 1.29 is 29.3 Å². The molecule has 1 aromatic rings. The number of amides is 2. The van der Waals surface area contributed by atoms with Gasteiger partial charge < -0.3 is 19.8 Å². The van der Waals surface area contributed by atoms with Crippen molar-refractivity contribution in [3.8, 4) is 0 Å². The number of carbonyl (C=O) groups is 3. The Morgan fingerprint density at radius 2 is 1.96 bits per heavy atom. The Balaban J connectivity index is 1.87. The number of aliphatic carboxylic acids is 1. The fourth-order valence-electron chi connectivity index (χ4n) is 2.68. The Kier molecular flexibility index (Phi) is 6.35. The molecule has 25 heavy (non-hydrogen) atoms. The lowest BCUT2D eigenvalue weighted by atomic mass is 10.1. The van der Waals surface area contributed by atoms with Gasteiger partial charge in [-0.1, -0.05) is 30.3 Å². The normalized spacial score (nSPS) is 18.8. The standard InChI is InChI=1S/C17H22N2O6/c1-12-16(23)18(10-14(20)9-15(21)22)7-8-19(12)17(24)25-11-13-5-3-2-4-6-13/h2-6,12,14,20H,7-11H2,1H3,(H,21,22)/t12-,14+/m0/s1. The van der Waals surface area contributed by atoms with Crippen LogP contribution in [-0.2, 0) is 20.9 Å². The van der Waals surface area contributed by atoms with Crippen LogP contribution in [0.5, 0.6) is 0 Å². The highest BCUT2D eigenvalue weighted by molar-refractivity contribution is 5.86. The van der Waals surface area contributed by atoms with Crippen molar-refractivity contribution in [2.75, 3.05) is 19.6 Å². The summed E-state index contributed by atoms with van der Waals surface area (Å²) in [6.07, 6.45) is -2.14. The maximum absolute atomic E-state index is 12.4. The van der Waals surface area contributed by atoms with Crippen LogP contribution < -0.4 is 0 Å². The molecule has 2 rings (SSSR count). The number of β-amino-alcohol motifs (C(OH)–C–C–N with tert-alkyl or cyclic N) is 1. The summed E-state index contributed by atoms with van der Waals surface area (Å²) in [4.78, 5) is 37.9. The molecule has 0 bridgehead atoms. The number of benzene rings is 1. The number of carboxylic acid groups (broad SMARTS) is 1. The molecule has 0 aromatic heterocycles. The molecular weight excluding hydrogens is 328 g/mol. The summed E-state index contributed by atoms with van der Waals surface area (Å²) >= 11 is 0. The first-order valence-electron chi connectivity index (χ1n) is 8.04. The van der Waals surface area contributed by atoms with Crippen molar-refractivity contribution in [3.05, 3.63) is 35.9 Å². The van der Waals surface area contributed by atoms with Gasteiger partial charge in [0.2, 0.25) is 5.91 Å². The number of ether oxygens (including phenoxy) is 1. The maximum Gasteiger partial charge on any atom is 0.410 e. The van der Waals surface area contributed by atoms with Crippen LogP contribution in [0.4, 0.5) is 4.79 Å². The van der Waals surface area contributed by atoms with Gasteiger partial charge in [-0.15, -0.1) is 0 Å². The van der Waals surface area contributed by atoms with E-state index in [9.17, 15) is 19.5 Å². The molecule has 1 aromatic carbocycles. The summed E-state index contributed by atoms with van der Waals surface area (Å²) in [5.41, 5.74) is 0.852. The SMILES string of the molecule is C[C@H]1C(=O)N(C[C@H](O)CC(=O)O)CCN1C(=O)OCc1ccccc1. The van der Waals surface area contributed by atoms with Gasteiger partial charge in [-0.2, -0.15) is 0 Å². The van der Waals surface area contributed by atoms with Crippen LogP contribution in [0.25, 0.3) is 0 Å². The third kappa shape index (κ3) is 5.18. The van der Waals surface area contributed by atoms with E-state index in [1.165, 1.54) is 9.80 Å². The van der Waals surface area contributed by atoms with Crippen LogP contribution in [0, 0.1) is 0 Å². The maximum atomic E-state index is 12.4. The summed E-state index contributed by atoms with van der Waals surface area (Å²) in [5, 5.41) is 18.3. The number of rotatable bonds is 6. The second kappa shape index (κ2) is 8.48. The van der Waals surface area contributed by atoms with Crippen LogP contribution >= 0.6 is 0 Å². The Hall–Kier alpha value is -2.61. The van der Waals surface area contributed by atoms with E-state index in [4.69, 9.17) is 9.84 Å². The zero-order chi connectivity index (χ0) is 18.4. The molecule has 2 amide bonds. The Bertz CT molecular complexity index is 621. The molecule has 0 aliphatic carbocycles. The van der Waals surface area contributed by atoms with E-state index in [-0.39, 0.29) is 32.1 Å². The van der Waals surface area contributed by atoms with E-state index in [2.05, 4.69) is 0 Å². The van der Waals surface area contributed by atoms with Gasteiger partial charge in [0, 0.05) is 19.6 Å². The molecule has 1 heterocycles. The van der Waals surface area contributed by atoms with Gasteiger partial charge in [0.25, 0.3) is 0 Å². The minimum Gasteiger partial charge on any atom is -0.481 e. The molecule has 1 aliphatic heterocycles. The van der Waals surface area contributed by atoms with E-state index >= 15 is 0 Å². The van der Waals surface area contributed by atoms with Gasteiger partial charge in [-0.05, 0) is 12.5 Å². The van der Waals surface area contributed by atoms with Gasteiger partial charge in [0.15, 0.2) is 0 Å².